The Labute approximate surface area is 129 Å². The molecule has 6 heteroatoms. The van der Waals surface area contributed by atoms with E-state index in [9.17, 15) is 0 Å². The Balaban J connectivity index is 1.84. The molecular formula is C15H23N5S. The minimum atomic E-state index is 0.603. The molecule has 0 radical (unpaired) electrons. The van der Waals surface area contributed by atoms with Crippen molar-refractivity contribution in [3.63, 3.8) is 0 Å². The average molecular weight is 305 g/mol. The molecule has 1 aliphatic heterocycles. The van der Waals surface area contributed by atoms with Crippen LogP contribution in [0.4, 0.5) is 5.82 Å². The number of nitrogen functional groups attached to an aromatic ring is 1. The summed E-state index contributed by atoms with van der Waals surface area (Å²) in [5.41, 5.74) is 13.2. The van der Waals surface area contributed by atoms with Gasteiger partial charge in [0.05, 0.1) is 11.9 Å². The van der Waals surface area contributed by atoms with Crippen LogP contribution in [-0.2, 0) is 6.54 Å². The Bertz CT molecular complexity index is 651. The first kappa shape index (κ1) is 14.7. The predicted octanol–water partition coefficient (Wildman–Crippen LogP) is 2.06. The zero-order chi connectivity index (χ0) is 15.0. The number of aryl methyl sites for hydroxylation is 2. The lowest BCUT2D eigenvalue weighted by molar-refractivity contribution is 0.167. The van der Waals surface area contributed by atoms with Gasteiger partial charge in [0.25, 0.3) is 0 Å². The number of thiophene rings is 1. The van der Waals surface area contributed by atoms with E-state index in [4.69, 9.17) is 16.5 Å². The van der Waals surface area contributed by atoms with Gasteiger partial charge in [0.15, 0.2) is 0 Å². The predicted molar refractivity (Wildman–Crippen MR) is 88.4 cm³/mol. The maximum Gasteiger partial charge on any atom is 0.146 e. The van der Waals surface area contributed by atoms with Gasteiger partial charge in [-0.1, -0.05) is 0 Å². The van der Waals surface area contributed by atoms with E-state index in [1.54, 1.807) is 11.3 Å². The molecule has 3 rings (SSSR count). The van der Waals surface area contributed by atoms with E-state index in [1.807, 2.05) is 0 Å². The minimum Gasteiger partial charge on any atom is -0.383 e. The van der Waals surface area contributed by atoms with Crippen LogP contribution in [0.25, 0.3) is 10.2 Å². The maximum atomic E-state index is 6.15. The van der Waals surface area contributed by atoms with Gasteiger partial charge >= 0.3 is 0 Å². The third-order valence-corrected chi connectivity index (χ3v) is 5.51. The van der Waals surface area contributed by atoms with E-state index >= 15 is 0 Å². The van der Waals surface area contributed by atoms with Gasteiger partial charge in [0, 0.05) is 11.4 Å². The smallest absolute Gasteiger partial charge is 0.146 e. The number of nitrogens with zero attached hydrogens (tertiary/aromatic N) is 3. The molecule has 1 unspecified atom stereocenters. The number of fused-ring (bicyclic) bond motifs is 1. The highest BCUT2D eigenvalue weighted by Crippen LogP contribution is 2.32. The van der Waals surface area contributed by atoms with Crippen LogP contribution in [0.1, 0.15) is 29.1 Å². The van der Waals surface area contributed by atoms with Gasteiger partial charge in [-0.05, 0) is 51.3 Å². The summed E-state index contributed by atoms with van der Waals surface area (Å²) in [5.74, 6) is 2.05. The Morgan fingerprint density at radius 3 is 2.90 bits per heavy atom. The van der Waals surface area contributed by atoms with Crippen molar-refractivity contribution in [2.75, 3.05) is 25.4 Å². The van der Waals surface area contributed by atoms with Crippen LogP contribution in [0.15, 0.2) is 0 Å². The second-order valence-electron chi connectivity index (χ2n) is 5.97. The molecule has 0 spiro atoms. The fourth-order valence-electron chi connectivity index (χ4n) is 3.08. The molecule has 2 aromatic rings. The van der Waals surface area contributed by atoms with Crippen LogP contribution in [0.3, 0.4) is 0 Å². The van der Waals surface area contributed by atoms with Crippen molar-refractivity contribution in [2.45, 2.75) is 33.2 Å². The highest BCUT2D eigenvalue weighted by Gasteiger charge is 2.20. The Morgan fingerprint density at radius 1 is 1.33 bits per heavy atom. The Hall–Kier alpha value is -1.24. The zero-order valence-corrected chi connectivity index (χ0v) is 13.5. The first-order valence-corrected chi connectivity index (χ1v) is 8.34. The zero-order valence-electron chi connectivity index (χ0n) is 12.7. The largest absolute Gasteiger partial charge is 0.383 e. The molecule has 0 bridgehead atoms. The third kappa shape index (κ3) is 2.88. The standard InChI is InChI=1S/C15H23N5S/c1-9-10(2)21-15-13(9)14(17)18-12(19-15)8-20-5-3-4-11(6-16)7-20/h11H,3-8,16H2,1-2H3,(H2,17,18,19). The number of aromatic nitrogens is 2. The fraction of sp³-hybridized carbons (Fsp3) is 0.600. The maximum absolute atomic E-state index is 6.15. The summed E-state index contributed by atoms with van der Waals surface area (Å²) >= 11 is 1.70. The van der Waals surface area contributed by atoms with Gasteiger partial charge < -0.3 is 11.5 Å². The lowest BCUT2D eigenvalue weighted by atomic mass is 9.98. The number of piperidine rings is 1. The van der Waals surface area contributed by atoms with E-state index < -0.39 is 0 Å². The molecule has 1 fully saturated rings. The molecule has 0 saturated carbocycles. The molecule has 0 aromatic carbocycles. The monoisotopic (exact) mass is 305 g/mol. The first-order chi connectivity index (χ1) is 10.1. The lowest BCUT2D eigenvalue weighted by Crippen LogP contribution is -2.38. The molecule has 0 aliphatic carbocycles. The Kier molecular flexibility index (Phi) is 4.10. The summed E-state index contributed by atoms with van der Waals surface area (Å²) in [5, 5.41) is 1.03. The molecule has 1 atom stereocenters. The van der Waals surface area contributed by atoms with Crippen LogP contribution in [-0.4, -0.2) is 34.5 Å². The van der Waals surface area contributed by atoms with Crippen molar-refractivity contribution >= 4 is 27.4 Å². The molecule has 1 aliphatic rings. The summed E-state index contributed by atoms with van der Waals surface area (Å²) in [6.07, 6.45) is 2.44. The second-order valence-corrected chi connectivity index (χ2v) is 7.17. The quantitative estimate of drug-likeness (QED) is 0.907. The van der Waals surface area contributed by atoms with Crippen molar-refractivity contribution in [3.05, 3.63) is 16.3 Å². The average Bonchev–Trinajstić information content (AvgIpc) is 2.74. The van der Waals surface area contributed by atoms with E-state index in [0.29, 0.717) is 11.7 Å². The molecule has 3 heterocycles. The summed E-state index contributed by atoms with van der Waals surface area (Å²) in [7, 11) is 0. The van der Waals surface area contributed by atoms with Crippen LogP contribution >= 0.6 is 11.3 Å². The van der Waals surface area contributed by atoms with Gasteiger partial charge in [-0.3, -0.25) is 4.90 Å². The number of anilines is 1. The van der Waals surface area contributed by atoms with E-state index in [1.165, 1.54) is 23.3 Å². The van der Waals surface area contributed by atoms with Crippen molar-refractivity contribution in [1.82, 2.24) is 14.9 Å². The number of hydrogen-bond donors (Lipinski definition) is 2. The molecule has 21 heavy (non-hydrogen) atoms. The van der Waals surface area contributed by atoms with Gasteiger partial charge in [-0.2, -0.15) is 0 Å². The Morgan fingerprint density at radius 2 is 2.14 bits per heavy atom. The van der Waals surface area contributed by atoms with Crippen molar-refractivity contribution < 1.29 is 0 Å². The number of rotatable bonds is 3. The van der Waals surface area contributed by atoms with E-state index in [0.717, 1.165) is 42.2 Å². The SMILES string of the molecule is Cc1sc2nc(CN3CCCC(CN)C3)nc(N)c2c1C. The van der Waals surface area contributed by atoms with E-state index in [-0.39, 0.29) is 0 Å². The normalized spacial score (nSPS) is 20.2. The van der Waals surface area contributed by atoms with Crippen LogP contribution < -0.4 is 11.5 Å². The molecule has 5 nitrogen and oxygen atoms in total. The molecule has 0 amide bonds. The summed E-state index contributed by atoms with van der Waals surface area (Å²) < 4.78 is 0. The molecular weight excluding hydrogens is 282 g/mol. The molecule has 114 valence electrons. The number of likely N-dealkylation sites (tertiary alicyclic amines) is 1. The molecule has 1 saturated heterocycles. The van der Waals surface area contributed by atoms with Crippen LogP contribution in [0.5, 0.6) is 0 Å². The highest BCUT2D eigenvalue weighted by molar-refractivity contribution is 7.18. The van der Waals surface area contributed by atoms with Crippen LogP contribution in [0, 0.1) is 19.8 Å². The van der Waals surface area contributed by atoms with Gasteiger partial charge in [0.1, 0.15) is 16.5 Å². The van der Waals surface area contributed by atoms with Gasteiger partial charge in [-0.15, -0.1) is 11.3 Å². The van der Waals surface area contributed by atoms with Crippen LogP contribution in [0.2, 0.25) is 0 Å². The summed E-state index contributed by atoms with van der Waals surface area (Å²) in [4.78, 5) is 13.9. The summed E-state index contributed by atoms with van der Waals surface area (Å²) in [6, 6.07) is 0. The highest BCUT2D eigenvalue weighted by atomic mass is 32.1. The molecule has 4 N–H and O–H groups in total. The number of hydrogen-bond acceptors (Lipinski definition) is 6. The summed E-state index contributed by atoms with van der Waals surface area (Å²) in [6.45, 7) is 7.87. The van der Waals surface area contributed by atoms with Crippen molar-refractivity contribution in [2.24, 2.45) is 11.7 Å². The van der Waals surface area contributed by atoms with E-state index in [2.05, 4.69) is 23.7 Å². The second kappa shape index (κ2) is 5.87. The number of nitrogens with two attached hydrogens (primary N) is 2. The molecule has 2 aromatic heterocycles. The first-order valence-electron chi connectivity index (χ1n) is 7.53. The van der Waals surface area contributed by atoms with Crippen molar-refractivity contribution in [1.29, 1.82) is 0 Å². The topological polar surface area (TPSA) is 81.1 Å². The van der Waals surface area contributed by atoms with Gasteiger partial charge in [-0.25, -0.2) is 9.97 Å². The third-order valence-electron chi connectivity index (χ3n) is 4.40. The fourth-order valence-corrected chi connectivity index (χ4v) is 4.14. The van der Waals surface area contributed by atoms with Gasteiger partial charge in [0.2, 0.25) is 0 Å². The minimum absolute atomic E-state index is 0.603. The van der Waals surface area contributed by atoms with Crippen molar-refractivity contribution in [3.8, 4) is 0 Å². The lowest BCUT2D eigenvalue weighted by Gasteiger charge is -2.31.